The highest BCUT2D eigenvalue weighted by atomic mass is 16.6. The molecule has 0 spiro atoms. The van der Waals surface area contributed by atoms with Gasteiger partial charge < -0.3 is 20.3 Å². The molecule has 1 amide bonds. The van der Waals surface area contributed by atoms with Gasteiger partial charge in [-0.1, -0.05) is 13.8 Å². The second-order valence-electron chi connectivity index (χ2n) is 6.30. The van der Waals surface area contributed by atoms with Crippen LogP contribution in [0.4, 0.5) is 4.79 Å². The molecular weight excluding hydrogens is 262 g/mol. The van der Waals surface area contributed by atoms with Crippen molar-refractivity contribution in [2.45, 2.75) is 53.1 Å². The number of carboxylic acid groups (broad SMARTS) is 1. The minimum absolute atomic E-state index is 0.0189. The van der Waals surface area contributed by atoms with Crippen molar-refractivity contribution in [2.24, 2.45) is 11.3 Å². The summed E-state index contributed by atoms with van der Waals surface area (Å²) < 4.78 is 5.10. The lowest BCUT2D eigenvalue weighted by Gasteiger charge is -2.33. The van der Waals surface area contributed by atoms with Crippen molar-refractivity contribution in [2.75, 3.05) is 13.2 Å². The van der Waals surface area contributed by atoms with Crippen molar-refractivity contribution in [1.29, 1.82) is 0 Å². The number of carbonyl (C=O) groups excluding carboxylic acids is 1. The Morgan fingerprint density at radius 1 is 1.25 bits per heavy atom. The molecule has 0 aliphatic carbocycles. The topological polar surface area (TPSA) is 95.9 Å². The van der Waals surface area contributed by atoms with Crippen LogP contribution in [-0.4, -0.2) is 41.0 Å². The zero-order valence-corrected chi connectivity index (χ0v) is 13.0. The Hall–Kier alpha value is -1.30. The van der Waals surface area contributed by atoms with Gasteiger partial charge in [0.25, 0.3) is 0 Å². The highest BCUT2D eigenvalue weighted by Crippen LogP contribution is 2.32. The lowest BCUT2D eigenvalue weighted by Crippen LogP contribution is -2.47. The summed E-state index contributed by atoms with van der Waals surface area (Å²) >= 11 is 0. The normalized spacial score (nSPS) is 14.8. The van der Waals surface area contributed by atoms with Gasteiger partial charge >= 0.3 is 12.1 Å². The van der Waals surface area contributed by atoms with Crippen LogP contribution >= 0.6 is 0 Å². The molecule has 20 heavy (non-hydrogen) atoms. The second kappa shape index (κ2) is 7.47. The van der Waals surface area contributed by atoms with Crippen LogP contribution in [0.25, 0.3) is 0 Å². The molecule has 118 valence electrons. The lowest BCUT2D eigenvalue weighted by molar-refractivity contribution is -0.152. The first kappa shape index (κ1) is 18.7. The van der Waals surface area contributed by atoms with Gasteiger partial charge in [0.15, 0.2) is 0 Å². The summed E-state index contributed by atoms with van der Waals surface area (Å²) in [5.41, 5.74) is -1.72. The molecule has 0 heterocycles. The maximum atomic E-state index is 11.6. The quantitative estimate of drug-likeness (QED) is 0.666. The molecule has 0 saturated heterocycles. The van der Waals surface area contributed by atoms with Crippen LogP contribution in [0.1, 0.15) is 47.5 Å². The van der Waals surface area contributed by atoms with E-state index in [4.69, 9.17) is 9.84 Å². The van der Waals surface area contributed by atoms with Crippen molar-refractivity contribution >= 4 is 12.1 Å². The van der Waals surface area contributed by atoms with E-state index in [0.29, 0.717) is 12.8 Å². The molecule has 0 bridgehead atoms. The number of rotatable bonds is 7. The number of aliphatic hydroxyl groups is 1. The third-order valence-corrected chi connectivity index (χ3v) is 3.26. The molecule has 0 aromatic heterocycles. The van der Waals surface area contributed by atoms with E-state index in [1.54, 1.807) is 34.6 Å². The van der Waals surface area contributed by atoms with Crippen LogP contribution in [0.3, 0.4) is 0 Å². The highest BCUT2D eigenvalue weighted by Gasteiger charge is 2.41. The molecule has 1 atom stereocenters. The van der Waals surface area contributed by atoms with E-state index in [1.807, 2.05) is 0 Å². The van der Waals surface area contributed by atoms with E-state index in [1.165, 1.54) is 0 Å². The van der Waals surface area contributed by atoms with Gasteiger partial charge in [0.05, 0.1) is 5.41 Å². The van der Waals surface area contributed by atoms with Crippen molar-refractivity contribution in [3.05, 3.63) is 0 Å². The monoisotopic (exact) mass is 289 g/mol. The van der Waals surface area contributed by atoms with Gasteiger partial charge in [0, 0.05) is 13.2 Å². The fraction of sp³-hybridized carbons (Fsp3) is 0.857. The predicted octanol–water partition coefficient (Wildman–Crippen LogP) is 2.01. The summed E-state index contributed by atoms with van der Waals surface area (Å²) in [5, 5.41) is 20.9. The number of aliphatic carboxylic acids is 1. The summed E-state index contributed by atoms with van der Waals surface area (Å²) in [6.45, 7) is 8.72. The SMILES string of the molecule is CC(C)C(CCCO)(CNC(=O)OC(C)(C)C)C(=O)O. The molecular formula is C14H27NO5. The Bertz CT molecular complexity index is 335. The molecule has 0 aliphatic heterocycles. The highest BCUT2D eigenvalue weighted by molar-refractivity contribution is 5.76. The first-order valence-corrected chi connectivity index (χ1v) is 6.86. The fourth-order valence-electron chi connectivity index (χ4n) is 1.95. The van der Waals surface area contributed by atoms with Gasteiger partial charge in [-0.25, -0.2) is 4.79 Å². The number of hydrogen-bond acceptors (Lipinski definition) is 4. The van der Waals surface area contributed by atoms with E-state index in [2.05, 4.69) is 5.32 Å². The van der Waals surface area contributed by atoms with E-state index in [9.17, 15) is 14.7 Å². The van der Waals surface area contributed by atoms with Crippen molar-refractivity contribution in [1.82, 2.24) is 5.32 Å². The fourth-order valence-corrected chi connectivity index (χ4v) is 1.95. The Labute approximate surface area is 120 Å². The number of carbonyl (C=O) groups is 2. The molecule has 0 radical (unpaired) electrons. The summed E-state index contributed by atoms with van der Waals surface area (Å²) in [6.07, 6.45) is 0.0417. The largest absolute Gasteiger partial charge is 0.481 e. The molecule has 0 aromatic rings. The van der Waals surface area contributed by atoms with Crippen molar-refractivity contribution in [3.63, 3.8) is 0 Å². The number of carboxylic acids is 1. The Kier molecular flexibility index (Phi) is 6.99. The summed E-state index contributed by atoms with van der Waals surface area (Å²) in [7, 11) is 0. The minimum atomic E-state index is -1.10. The van der Waals surface area contributed by atoms with Gasteiger partial charge in [-0.15, -0.1) is 0 Å². The molecule has 0 fully saturated rings. The summed E-state index contributed by atoms with van der Waals surface area (Å²) in [4.78, 5) is 23.2. The molecule has 0 aliphatic rings. The number of nitrogens with one attached hydrogen (secondary N) is 1. The van der Waals surface area contributed by atoms with Crippen LogP contribution < -0.4 is 5.32 Å². The smallest absolute Gasteiger partial charge is 0.407 e. The third-order valence-electron chi connectivity index (χ3n) is 3.26. The molecule has 6 nitrogen and oxygen atoms in total. The van der Waals surface area contributed by atoms with Gasteiger partial charge in [-0.3, -0.25) is 4.79 Å². The lowest BCUT2D eigenvalue weighted by atomic mass is 9.73. The van der Waals surface area contributed by atoms with Gasteiger partial charge in [0.1, 0.15) is 5.60 Å². The molecule has 6 heteroatoms. The van der Waals surface area contributed by atoms with Crippen LogP contribution in [0.15, 0.2) is 0 Å². The minimum Gasteiger partial charge on any atom is -0.481 e. The third kappa shape index (κ3) is 5.77. The van der Waals surface area contributed by atoms with Gasteiger partial charge in [-0.2, -0.15) is 0 Å². The van der Waals surface area contributed by atoms with Crippen molar-refractivity contribution < 1.29 is 24.5 Å². The van der Waals surface area contributed by atoms with Crippen LogP contribution in [0.2, 0.25) is 0 Å². The standard InChI is InChI=1S/C14H27NO5/c1-10(2)14(11(17)18,7-6-8-16)9-15-12(19)20-13(3,4)5/h10,16H,6-9H2,1-5H3,(H,15,19)(H,17,18). The number of alkyl carbamates (subject to hydrolysis) is 1. The second-order valence-corrected chi connectivity index (χ2v) is 6.30. The van der Waals surface area contributed by atoms with Crippen LogP contribution in [-0.2, 0) is 9.53 Å². The molecule has 0 rings (SSSR count). The van der Waals surface area contributed by atoms with Gasteiger partial charge in [0.2, 0.25) is 0 Å². The van der Waals surface area contributed by atoms with E-state index < -0.39 is 23.1 Å². The average Bonchev–Trinajstić information content (AvgIpc) is 2.26. The first-order chi connectivity index (χ1) is 9.05. The number of aliphatic hydroxyl groups excluding tert-OH is 1. The van der Waals surface area contributed by atoms with E-state index >= 15 is 0 Å². The number of hydrogen-bond donors (Lipinski definition) is 3. The summed E-state index contributed by atoms with van der Waals surface area (Å²) in [6, 6.07) is 0. The van der Waals surface area contributed by atoms with Crippen LogP contribution in [0.5, 0.6) is 0 Å². The summed E-state index contributed by atoms with van der Waals surface area (Å²) in [5.74, 6) is -1.15. The van der Waals surface area contributed by atoms with Crippen LogP contribution in [0, 0.1) is 11.3 Å². The molecule has 1 unspecified atom stereocenters. The Morgan fingerprint density at radius 3 is 2.15 bits per heavy atom. The molecule has 0 saturated carbocycles. The molecule has 0 aromatic carbocycles. The van der Waals surface area contributed by atoms with Gasteiger partial charge in [-0.05, 0) is 39.5 Å². The maximum absolute atomic E-state index is 11.6. The number of ether oxygens (including phenoxy) is 1. The Balaban J connectivity index is 4.81. The van der Waals surface area contributed by atoms with E-state index in [0.717, 1.165) is 0 Å². The zero-order chi connectivity index (χ0) is 16.0. The predicted molar refractivity (Wildman–Crippen MR) is 75.5 cm³/mol. The zero-order valence-electron chi connectivity index (χ0n) is 13.0. The molecule has 3 N–H and O–H groups in total. The maximum Gasteiger partial charge on any atom is 0.407 e. The first-order valence-electron chi connectivity index (χ1n) is 6.86. The number of amides is 1. The van der Waals surface area contributed by atoms with Crippen molar-refractivity contribution in [3.8, 4) is 0 Å². The average molecular weight is 289 g/mol. The Morgan fingerprint density at radius 2 is 1.80 bits per heavy atom. The van der Waals surface area contributed by atoms with E-state index in [-0.39, 0.29) is 19.1 Å².